The van der Waals surface area contributed by atoms with Crippen molar-refractivity contribution in [2.45, 2.75) is 31.3 Å². The van der Waals surface area contributed by atoms with Crippen molar-refractivity contribution in [2.24, 2.45) is 0 Å². The minimum atomic E-state index is -0.339. The van der Waals surface area contributed by atoms with Crippen molar-refractivity contribution < 1.29 is 4.92 Å². The molecular formula is C19H20N2O2S. The fraction of sp³-hybridized carbons (Fsp3) is 0.263. The molecule has 0 saturated carbocycles. The van der Waals surface area contributed by atoms with E-state index >= 15 is 0 Å². The van der Waals surface area contributed by atoms with Gasteiger partial charge in [-0.25, -0.2) is 0 Å². The standard InChI is InChI=1S/C19H20N2O2S/c1-2-19(11-4-3-5-12-19)20-18(17-10-7-13-24-17)15-8-6-9-16(14-15)21(22)23/h3-11,13-14,18,20H,2,12H2,1H3/t18?,19-/m1/s1. The number of benzene rings is 1. The van der Waals surface area contributed by atoms with Gasteiger partial charge in [0.05, 0.1) is 11.0 Å². The molecule has 1 heterocycles. The topological polar surface area (TPSA) is 55.2 Å². The van der Waals surface area contributed by atoms with Crippen LogP contribution < -0.4 is 5.32 Å². The summed E-state index contributed by atoms with van der Waals surface area (Å²) in [6, 6.07) is 10.9. The van der Waals surface area contributed by atoms with Crippen molar-refractivity contribution in [1.29, 1.82) is 0 Å². The molecule has 0 saturated heterocycles. The van der Waals surface area contributed by atoms with E-state index in [1.165, 1.54) is 6.07 Å². The zero-order valence-electron chi connectivity index (χ0n) is 13.5. The van der Waals surface area contributed by atoms with Crippen LogP contribution in [-0.2, 0) is 0 Å². The smallest absolute Gasteiger partial charge is 0.269 e. The molecule has 3 rings (SSSR count). The van der Waals surface area contributed by atoms with E-state index in [1.807, 2.05) is 17.5 Å². The molecule has 0 bridgehead atoms. The number of hydrogen-bond donors (Lipinski definition) is 1. The molecule has 0 radical (unpaired) electrons. The van der Waals surface area contributed by atoms with E-state index in [-0.39, 0.29) is 22.2 Å². The predicted octanol–water partition coefficient (Wildman–Crippen LogP) is 5.00. The Morgan fingerprint density at radius 3 is 2.83 bits per heavy atom. The predicted molar refractivity (Wildman–Crippen MR) is 98.3 cm³/mol. The fourth-order valence-electron chi connectivity index (χ4n) is 3.02. The highest BCUT2D eigenvalue weighted by molar-refractivity contribution is 7.10. The molecule has 1 aromatic heterocycles. The summed E-state index contributed by atoms with van der Waals surface area (Å²) in [6.45, 7) is 2.16. The van der Waals surface area contributed by atoms with Gasteiger partial charge in [0.2, 0.25) is 0 Å². The van der Waals surface area contributed by atoms with Crippen LogP contribution in [0.3, 0.4) is 0 Å². The molecule has 0 amide bonds. The first-order valence-corrected chi connectivity index (χ1v) is 8.91. The van der Waals surface area contributed by atoms with Gasteiger partial charge in [-0.2, -0.15) is 0 Å². The summed E-state index contributed by atoms with van der Waals surface area (Å²) in [6.07, 6.45) is 10.4. The van der Waals surface area contributed by atoms with Crippen molar-refractivity contribution in [3.05, 3.63) is 86.6 Å². The summed E-state index contributed by atoms with van der Waals surface area (Å²) in [4.78, 5) is 12.0. The van der Waals surface area contributed by atoms with Gasteiger partial charge in [0.1, 0.15) is 0 Å². The lowest BCUT2D eigenvalue weighted by Gasteiger charge is -2.36. The molecule has 0 spiro atoms. The molecule has 1 aliphatic carbocycles. The number of nitro groups is 1. The SMILES string of the molecule is CC[C@@]1(NC(c2cccc([N+](=O)[O-])c2)c2cccs2)C=CC=CC1. The summed E-state index contributed by atoms with van der Waals surface area (Å²) < 4.78 is 0. The quantitative estimate of drug-likeness (QED) is 0.595. The van der Waals surface area contributed by atoms with Gasteiger partial charge in [-0.3, -0.25) is 15.4 Å². The maximum atomic E-state index is 11.1. The average Bonchev–Trinajstić information content (AvgIpc) is 3.15. The minimum absolute atomic E-state index is 0.0685. The summed E-state index contributed by atoms with van der Waals surface area (Å²) in [5.74, 6) is 0. The van der Waals surface area contributed by atoms with Gasteiger partial charge < -0.3 is 0 Å². The second-order valence-electron chi connectivity index (χ2n) is 5.95. The summed E-state index contributed by atoms with van der Waals surface area (Å²) >= 11 is 1.66. The number of nitro benzene ring substituents is 1. The highest BCUT2D eigenvalue weighted by Gasteiger charge is 2.30. The average molecular weight is 340 g/mol. The van der Waals surface area contributed by atoms with E-state index in [9.17, 15) is 10.1 Å². The van der Waals surface area contributed by atoms with Crippen LogP contribution in [0.1, 0.15) is 36.2 Å². The van der Waals surface area contributed by atoms with Crippen LogP contribution >= 0.6 is 11.3 Å². The molecule has 24 heavy (non-hydrogen) atoms. The molecule has 1 unspecified atom stereocenters. The third-order valence-corrected chi connectivity index (χ3v) is 5.39. The first-order valence-electron chi connectivity index (χ1n) is 8.03. The Kier molecular flexibility index (Phi) is 4.92. The maximum absolute atomic E-state index is 11.1. The van der Waals surface area contributed by atoms with Crippen molar-refractivity contribution in [2.75, 3.05) is 0 Å². The van der Waals surface area contributed by atoms with Gasteiger partial charge in [0.15, 0.2) is 0 Å². The highest BCUT2D eigenvalue weighted by Crippen LogP contribution is 2.33. The highest BCUT2D eigenvalue weighted by atomic mass is 32.1. The molecule has 2 atom stereocenters. The zero-order chi connectivity index (χ0) is 17.0. The van der Waals surface area contributed by atoms with Crippen LogP contribution in [0.4, 0.5) is 5.69 Å². The van der Waals surface area contributed by atoms with Gasteiger partial charge in [-0.15, -0.1) is 11.3 Å². The van der Waals surface area contributed by atoms with Crippen LogP contribution in [0.2, 0.25) is 0 Å². The molecular weight excluding hydrogens is 320 g/mol. The molecule has 124 valence electrons. The Morgan fingerprint density at radius 2 is 2.21 bits per heavy atom. The molecule has 1 aromatic carbocycles. The van der Waals surface area contributed by atoms with Gasteiger partial charge in [0.25, 0.3) is 5.69 Å². The zero-order valence-corrected chi connectivity index (χ0v) is 14.3. The van der Waals surface area contributed by atoms with Crippen molar-refractivity contribution >= 4 is 17.0 Å². The second-order valence-corrected chi connectivity index (χ2v) is 6.93. The van der Waals surface area contributed by atoms with E-state index < -0.39 is 0 Å². The molecule has 2 aromatic rings. The first-order chi connectivity index (χ1) is 11.6. The lowest BCUT2D eigenvalue weighted by molar-refractivity contribution is -0.384. The Balaban J connectivity index is 1.99. The Labute approximate surface area is 145 Å². The number of thiophene rings is 1. The Morgan fingerprint density at radius 1 is 1.33 bits per heavy atom. The number of non-ortho nitro benzene ring substituents is 1. The molecule has 0 fully saturated rings. The van der Waals surface area contributed by atoms with Crippen molar-refractivity contribution in [3.8, 4) is 0 Å². The lowest BCUT2D eigenvalue weighted by Crippen LogP contribution is -2.45. The number of nitrogens with one attached hydrogen (secondary N) is 1. The van der Waals surface area contributed by atoms with Crippen LogP contribution in [0, 0.1) is 10.1 Å². The number of hydrogen-bond acceptors (Lipinski definition) is 4. The van der Waals surface area contributed by atoms with E-state index in [1.54, 1.807) is 23.5 Å². The molecule has 4 nitrogen and oxygen atoms in total. The monoisotopic (exact) mass is 340 g/mol. The Bertz CT molecular complexity index is 767. The van der Waals surface area contributed by atoms with Gasteiger partial charge in [-0.05, 0) is 29.9 Å². The van der Waals surface area contributed by atoms with Crippen LogP contribution in [0.15, 0.2) is 66.1 Å². The molecule has 1 aliphatic rings. The molecule has 5 heteroatoms. The number of allylic oxidation sites excluding steroid dienone is 2. The van der Waals surface area contributed by atoms with E-state index in [0.717, 1.165) is 23.3 Å². The summed E-state index contributed by atoms with van der Waals surface area (Å²) in [7, 11) is 0. The van der Waals surface area contributed by atoms with Gasteiger partial charge >= 0.3 is 0 Å². The van der Waals surface area contributed by atoms with Crippen molar-refractivity contribution in [1.82, 2.24) is 5.32 Å². The number of rotatable bonds is 6. The van der Waals surface area contributed by atoms with Crippen LogP contribution in [0.5, 0.6) is 0 Å². The normalized spacial score (nSPS) is 20.9. The van der Waals surface area contributed by atoms with Crippen LogP contribution in [0.25, 0.3) is 0 Å². The third-order valence-electron chi connectivity index (χ3n) is 4.45. The largest absolute Gasteiger partial charge is 0.296 e. The van der Waals surface area contributed by atoms with E-state index in [2.05, 4.69) is 42.6 Å². The van der Waals surface area contributed by atoms with Crippen LogP contribution in [-0.4, -0.2) is 10.5 Å². The number of nitrogens with zero attached hydrogens (tertiary/aromatic N) is 1. The lowest BCUT2D eigenvalue weighted by atomic mass is 9.86. The van der Waals surface area contributed by atoms with Gasteiger partial charge in [-0.1, -0.05) is 49.4 Å². The summed E-state index contributed by atoms with van der Waals surface area (Å²) in [5.41, 5.74) is 0.913. The first kappa shape index (κ1) is 16.6. The van der Waals surface area contributed by atoms with Gasteiger partial charge in [0, 0.05) is 22.5 Å². The second kappa shape index (κ2) is 7.11. The Hall–Kier alpha value is -2.24. The van der Waals surface area contributed by atoms with E-state index in [4.69, 9.17) is 0 Å². The third kappa shape index (κ3) is 3.47. The van der Waals surface area contributed by atoms with Crippen molar-refractivity contribution in [3.63, 3.8) is 0 Å². The molecule has 1 N–H and O–H groups in total. The van der Waals surface area contributed by atoms with E-state index in [0.29, 0.717) is 0 Å². The minimum Gasteiger partial charge on any atom is -0.296 e. The fourth-order valence-corrected chi connectivity index (χ4v) is 3.82. The maximum Gasteiger partial charge on any atom is 0.269 e. The summed E-state index contributed by atoms with van der Waals surface area (Å²) in [5, 5.41) is 16.9. The molecule has 0 aliphatic heterocycles.